The number of aldehydes is 1. The Kier molecular flexibility index (Phi) is 3.82. The number of nitrogens with two attached hydrogens (primary N) is 1. The van der Waals surface area contributed by atoms with Crippen LogP contribution in [0.2, 0.25) is 5.02 Å². The van der Waals surface area contributed by atoms with Crippen molar-refractivity contribution in [2.24, 2.45) is 5.73 Å². The van der Waals surface area contributed by atoms with Gasteiger partial charge in [0.1, 0.15) is 11.5 Å². The van der Waals surface area contributed by atoms with Gasteiger partial charge in [-0.15, -0.1) is 0 Å². The maximum atomic E-state index is 11.3. The van der Waals surface area contributed by atoms with E-state index in [-0.39, 0.29) is 5.56 Å². The highest BCUT2D eigenvalue weighted by molar-refractivity contribution is 6.30. The molecule has 2 rings (SSSR count). The summed E-state index contributed by atoms with van der Waals surface area (Å²) in [4.78, 5) is 22.2. The summed E-state index contributed by atoms with van der Waals surface area (Å²) >= 11 is 5.79. The van der Waals surface area contributed by atoms with E-state index in [9.17, 15) is 9.59 Å². The molecule has 0 unspecified atom stereocenters. The lowest BCUT2D eigenvalue weighted by Gasteiger charge is -2.10. The fourth-order valence-electron chi connectivity index (χ4n) is 1.58. The second-order valence-electron chi connectivity index (χ2n) is 3.76. The topological polar surface area (TPSA) is 69.4 Å². The molecule has 0 aromatic heterocycles. The maximum Gasteiger partial charge on any atom is 0.252 e. The normalized spacial score (nSPS) is 9.95. The average Bonchev–Trinajstić information content (AvgIpc) is 2.41. The van der Waals surface area contributed by atoms with Crippen LogP contribution in [0.1, 0.15) is 20.7 Å². The number of rotatable bonds is 4. The van der Waals surface area contributed by atoms with Crippen LogP contribution in [0.3, 0.4) is 0 Å². The summed E-state index contributed by atoms with van der Waals surface area (Å²) in [6, 6.07) is 11.2. The van der Waals surface area contributed by atoms with Gasteiger partial charge in [0.15, 0.2) is 6.29 Å². The Balaban J connectivity index is 2.42. The van der Waals surface area contributed by atoms with Crippen LogP contribution in [0.4, 0.5) is 0 Å². The van der Waals surface area contributed by atoms with Crippen LogP contribution in [0, 0.1) is 0 Å². The number of carbonyl (C=O) groups excluding carboxylic acids is 2. The first-order valence-corrected chi connectivity index (χ1v) is 5.81. The van der Waals surface area contributed by atoms with Gasteiger partial charge in [0.05, 0.1) is 11.1 Å². The number of primary amides is 1. The van der Waals surface area contributed by atoms with Crippen molar-refractivity contribution >= 4 is 23.8 Å². The van der Waals surface area contributed by atoms with E-state index in [2.05, 4.69) is 0 Å². The van der Waals surface area contributed by atoms with E-state index in [0.717, 1.165) is 0 Å². The number of amides is 1. The van der Waals surface area contributed by atoms with Crippen LogP contribution in [0.5, 0.6) is 11.5 Å². The molecule has 0 saturated heterocycles. The molecule has 4 nitrogen and oxygen atoms in total. The standard InChI is InChI=1S/C14H10ClNO3/c15-10-5-6-12(9(7-10)8-17)19-13-4-2-1-3-11(13)14(16)18/h1-8H,(H2,16,18). The van der Waals surface area contributed by atoms with Crippen LogP contribution >= 0.6 is 11.6 Å². The summed E-state index contributed by atoms with van der Waals surface area (Å²) in [5.74, 6) is 0.00531. The van der Waals surface area contributed by atoms with Gasteiger partial charge in [-0.05, 0) is 30.3 Å². The van der Waals surface area contributed by atoms with E-state index in [1.807, 2.05) is 0 Å². The van der Waals surface area contributed by atoms with Gasteiger partial charge in [-0.25, -0.2) is 0 Å². The minimum atomic E-state index is -0.600. The Hall–Kier alpha value is -2.33. The molecule has 0 heterocycles. The van der Waals surface area contributed by atoms with E-state index in [1.165, 1.54) is 6.07 Å². The third-order valence-corrected chi connectivity index (χ3v) is 2.71. The van der Waals surface area contributed by atoms with Crippen molar-refractivity contribution in [3.8, 4) is 11.5 Å². The van der Waals surface area contributed by atoms with E-state index in [0.29, 0.717) is 28.4 Å². The third kappa shape index (κ3) is 2.92. The highest BCUT2D eigenvalue weighted by Crippen LogP contribution is 2.28. The molecule has 0 atom stereocenters. The molecule has 0 aliphatic heterocycles. The van der Waals surface area contributed by atoms with Crippen LogP contribution in [0.15, 0.2) is 42.5 Å². The molecule has 2 N–H and O–H groups in total. The molecular formula is C14H10ClNO3. The summed E-state index contributed by atoms with van der Waals surface area (Å²) in [5.41, 5.74) is 5.80. The first-order valence-electron chi connectivity index (χ1n) is 5.43. The molecule has 2 aromatic carbocycles. The lowest BCUT2D eigenvalue weighted by Crippen LogP contribution is -2.12. The molecule has 19 heavy (non-hydrogen) atoms. The second-order valence-corrected chi connectivity index (χ2v) is 4.20. The van der Waals surface area contributed by atoms with Crippen molar-refractivity contribution in [3.63, 3.8) is 0 Å². The van der Waals surface area contributed by atoms with Crippen molar-refractivity contribution in [1.29, 1.82) is 0 Å². The Morgan fingerprint density at radius 3 is 2.58 bits per heavy atom. The smallest absolute Gasteiger partial charge is 0.252 e. The first-order chi connectivity index (χ1) is 9.11. The Morgan fingerprint density at radius 1 is 1.16 bits per heavy atom. The zero-order valence-electron chi connectivity index (χ0n) is 9.80. The van der Waals surface area contributed by atoms with E-state index >= 15 is 0 Å². The van der Waals surface area contributed by atoms with Gasteiger partial charge in [0.2, 0.25) is 0 Å². The molecule has 0 aliphatic carbocycles. The molecule has 0 saturated carbocycles. The molecule has 1 amide bonds. The van der Waals surface area contributed by atoms with Crippen LogP contribution in [-0.4, -0.2) is 12.2 Å². The van der Waals surface area contributed by atoms with Gasteiger partial charge < -0.3 is 10.5 Å². The summed E-state index contributed by atoms with van der Waals surface area (Å²) in [6.45, 7) is 0. The first kappa shape index (κ1) is 13.1. The van der Waals surface area contributed by atoms with Gasteiger partial charge in [-0.3, -0.25) is 9.59 Å². The molecule has 0 bridgehead atoms. The lowest BCUT2D eigenvalue weighted by molar-refractivity contribution is 0.0998. The zero-order chi connectivity index (χ0) is 13.8. The minimum absolute atomic E-state index is 0.245. The predicted octanol–water partition coefficient (Wildman–Crippen LogP) is 3.04. The third-order valence-electron chi connectivity index (χ3n) is 2.47. The number of ether oxygens (including phenoxy) is 1. The molecule has 96 valence electrons. The Bertz CT molecular complexity index is 640. The van der Waals surface area contributed by atoms with Gasteiger partial charge in [0, 0.05) is 5.02 Å². The van der Waals surface area contributed by atoms with Crippen molar-refractivity contribution in [2.75, 3.05) is 0 Å². The van der Waals surface area contributed by atoms with Crippen LogP contribution in [-0.2, 0) is 0 Å². The van der Waals surface area contributed by atoms with Gasteiger partial charge in [0.25, 0.3) is 5.91 Å². The Labute approximate surface area is 114 Å². The van der Waals surface area contributed by atoms with Crippen molar-refractivity contribution in [2.45, 2.75) is 0 Å². The summed E-state index contributed by atoms with van der Waals surface area (Å²) in [5, 5.41) is 0.428. The molecular weight excluding hydrogens is 266 g/mol. The number of hydrogen-bond acceptors (Lipinski definition) is 3. The molecule has 0 aliphatic rings. The fraction of sp³-hybridized carbons (Fsp3) is 0. The van der Waals surface area contributed by atoms with Gasteiger partial charge in [-0.1, -0.05) is 23.7 Å². The average molecular weight is 276 g/mol. The second kappa shape index (κ2) is 5.54. The largest absolute Gasteiger partial charge is 0.456 e. The highest BCUT2D eigenvalue weighted by atomic mass is 35.5. The molecule has 5 heteroatoms. The van der Waals surface area contributed by atoms with Gasteiger partial charge >= 0.3 is 0 Å². The highest BCUT2D eigenvalue weighted by Gasteiger charge is 2.11. The minimum Gasteiger partial charge on any atom is -0.456 e. The number of carbonyl (C=O) groups is 2. The lowest BCUT2D eigenvalue weighted by atomic mass is 10.2. The van der Waals surface area contributed by atoms with Crippen LogP contribution < -0.4 is 10.5 Å². The maximum absolute atomic E-state index is 11.3. The molecule has 0 radical (unpaired) electrons. The van der Waals surface area contributed by atoms with Gasteiger partial charge in [-0.2, -0.15) is 0 Å². The number of benzene rings is 2. The van der Waals surface area contributed by atoms with E-state index in [1.54, 1.807) is 36.4 Å². The van der Waals surface area contributed by atoms with Crippen LogP contribution in [0.25, 0.3) is 0 Å². The summed E-state index contributed by atoms with van der Waals surface area (Å²) in [7, 11) is 0. The number of halogens is 1. The SMILES string of the molecule is NC(=O)c1ccccc1Oc1ccc(Cl)cc1C=O. The predicted molar refractivity (Wildman–Crippen MR) is 71.9 cm³/mol. The number of hydrogen-bond donors (Lipinski definition) is 1. The van der Waals surface area contributed by atoms with E-state index < -0.39 is 5.91 Å². The van der Waals surface area contributed by atoms with Crippen molar-refractivity contribution < 1.29 is 14.3 Å². The quantitative estimate of drug-likeness (QED) is 0.872. The summed E-state index contributed by atoms with van der Waals surface area (Å²) < 4.78 is 5.56. The van der Waals surface area contributed by atoms with Crippen molar-refractivity contribution in [1.82, 2.24) is 0 Å². The Morgan fingerprint density at radius 2 is 1.89 bits per heavy atom. The molecule has 2 aromatic rings. The molecule has 0 fully saturated rings. The van der Waals surface area contributed by atoms with Crippen molar-refractivity contribution in [3.05, 3.63) is 58.6 Å². The van der Waals surface area contributed by atoms with E-state index in [4.69, 9.17) is 22.1 Å². The molecule has 0 spiro atoms. The fourth-order valence-corrected chi connectivity index (χ4v) is 1.76. The monoisotopic (exact) mass is 275 g/mol. The summed E-state index contributed by atoms with van der Waals surface area (Å²) in [6.07, 6.45) is 0.633. The zero-order valence-corrected chi connectivity index (χ0v) is 10.6. The number of para-hydroxylation sites is 1.